The van der Waals surface area contributed by atoms with E-state index in [0.717, 1.165) is 37.4 Å². The molecule has 1 aliphatic rings. The van der Waals surface area contributed by atoms with E-state index in [1.165, 1.54) is 16.9 Å². The van der Waals surface area contributed by atoms with E-state index in [1.807, 2.05) is 17.5 Å². The fourth-order valence-corrected chi connectivity index (χ4v) is 3.29. The molecule has 1 fully saturated rings. The summed E-state index contributed by atoms with van der Waals surface area (Å²) in [5, 5.41) is 17.6. The van der Waals surface area contributed by atoms with E-state index in [9.17, 15) is 9.90 Å². The maximum atomic E-state index is 11.9. The van der Waals surface area contributed by atoms with Crippen LogP contribution in [0.15, 0.2) is 29.2 Å². The number of hydrogen-bond acceptors (Lipinski definition) is 4. The van der Waals surface area contributed by atoms with Crippen molar-refractivity contribution in [3.8, 4) is 0 Å². The Kier molecular flexibility index (Phi) is 7.08. The summed E-state index contributed by atoms with van der Waals surface area (Å²) in [6.45, 7) is 7.48. The maximum absolute atomic E-state index is 11.9. The smallest absolute Gasteiger partial charge is 0.315 e. The number of likely N-dealkylation sites (tertiary alicyclic amines) is 1. The summed E-state index contributed by atoms with van der Waals surface area (Å²) in [5.41, 5.74) is 1.34. The maximum Gasteiger partial charge on any atom is 0.315 e. The van der Waals surface area contributed by atoms with Crippen molar-refractivity contribution in [3.05, 3.63) is 34.0 Å². The highest BCUT2D eigenvalue weighted by Gasteiger charge is 2.20. The summed E-state index contributed by atoms with van der Waals surface area (Å²) in [7, 11) is 0. The van der Waals surface area contributed by atoms with E-state index in [0.29, 0.717) is 0 Å². The minimum atomic E-state index is -0.633. The summed E-state index contributed by atoms with van der Waals surface area (Å²) < 4.78 is 0. The van der Waals surface area contributed by atoms with Crippen molar-refractivity contribution in [3.63, 3.8) is 0 Å². The van der Waals surface area contributed by atoms with Crippen LogP contribution in [0.3, 0.4) is 0 Å². The lowest BCUT2D eigenvalue weighted by atomic mass is 10.1. The molecular weight excluding hydrogens is 310 g/mol. The van der Waals surface area contributed by atoms with E-state index in [4.69, 9.17) is 0 Å². The van der Waals surface area contributed by atoms with Gasteiger partial charge in [0.2, 0.25) is 0 Å². The van der Waals surface area contributed by atoms with Crippen LogP contribution in [0.2, 0.25) is 0 Å². The molecule has 2 heterocycles. The number of allylic oxidation sites excluding steroid dienone is 1. The van der Waals surface area contributed by atoms with Gasteiger partial charge >= 0.3 is 6.03 Å². The van der Waals surface area contributed by atoms with Crippen LogP contribution in [0, 0.1) is 0 Å². The summed E-state index contributed by atoms with van der Waals surface area (Å²) in [5.74, 6) is 0. The SMILES string of the molecule is CC(C)=CCN1CCC(NC(=O)NC[C@H](O)c2cccs2)CC1. The minimum absolute atomic E-state index is 0.191. The number of amides is 2. The molecule has 128 valence electrons. The highest BCUT2D eigenvalue weighted by Crippen LogP contribution is 2.17. The van der Waals surface area contributed by atoms with Gasteiger partial charge in [-0.2, -0.15) is 0 Å². The van der Waals surface area contributed by atoms with Gasteiger partial charge in [0.25, 0.3) is 0 Å². The molecule has 2 amide bonds. The van der Waals surface area contributed by atoms with Crippen molar-refractivity contribution in [1.29, 1.82) is 0 Å². The lowest BCUT2D eigenvalue weighted by Gasteiger charge is -2.31. The van der Waals surface area contributed by atoms with E-state index < -0.39 is 6.10 Å². The Labute approximate surface area is 142 Å². The average molecular weight is 337 g/mol. The molecule has 2 rings (SSSR count). The first-order valence-electron chi connectivity index (χ1n) is 8.16. The normalized spacial score (nSPS) is 17.5. The van der Waals surface area contributed by atoms with Gasteiger partial charge in [0.1, 0.15) is 6.10 Å². The third-order valence-corrected chi connectivity index (χ3v) is 4.98. The zero-order valence-corrected chi connectivity index (χ0v) is 14.7. The molecule has 0 aliphatic carbocycles. The predicted molar refractivity (Wildman–Crippen MR) is 94.7 cm³/mol. The fourth-order valence-electron chi connectivity index (χ4n) is 2.58. The fraction of sp³-hybridized carbons (Fsp3) is 0.588. The number of aliphatic hydroxyl groups excluding tert-OH is 1. The van der Waals surface area contributed by atoms with E-state index >= 15 is 0 Å². The van der Waals surface area contributed by atoms with Crippen molar-refractivity contribution in [2.45, 2.75) is 38.8 Å². The van der Waals surface area contributed by atoms with Crippen LogP contribution in [0.5, 0.6) is 0 Å². The first-order chi connectivity index (χ1) is 11.0. The molecule has 0 unspecified atom stereocenters. The topological polar surface area (TPSA) is 64.6 Å². The van der Waals surface area contributed by atoms with Crippen LogP contribution in [-0.4, -0.2) is 48.3 Å². The first kappa shape index (κ1) is 18.0. The predicted octanol–water partition coefficient (Wildman–Crippen LogP) is 2.51. The number of thiophene rings is 1. The summed E-state index contributed by atoms with van der Waals surface area (Å²) >= 11 is 1.49. The molecule has 0 aromatic carbocycles. The first-order valence-corrected chi connectivity index (χ1v) is 9.04. The zero-order valence-electron chi connectivity index (χ0n) is 13.9. The molecular formula is C17H27N3O2S. The number of aliphatic hydroxyl groups is 1. The van der Waals surface area contributed by atoms with Crippen LogP contribution in [-0.2, 0) is 0 Å². The largest absolute Gasteiger partial charge is 0.386 e. The summed E-state index contributed by atoms with van der Waals surface area (Å²) in [6, 6.07) is 3.80. The Hall–Kier alpha value is -1.37. The number of nitrogens with one attached hydrogen (secondary N) is 2. The number of hydrogen-bond donors (Lipinski definition) is 3. The van der Waals surface area contributed by atoms with E-state index in [1.54, 1.807) is 0 Å². The van der Waals surface area contributed by atoms with Gasteiger partial charge in [-0.3, -0.25) is 4.90 Å². The second kappa shape index (κ2) is 9.05. The van der Waals surface area contributed by atoms with Crippen molar-refractivity contribution >= 4 is 17.4 Å². The van der Waals surface area contributed by atoms with Gasteiger partial charge in [0.05, 0.1) is 6.54 Å². The molecule has 1 aromatic heterocycles. The van der Waals surface area contributed by atoms with Crippen molar-refractivity contribution in [2.24, 2.45) is 0 Å². The monoisotopic (exact) mass is 337 g/mol. The number of piperidine rings is 1. The van der Waals surface area contributed by atoms with Gasteiger partial charge in [-0.15, -0.1) is 11.3 Å². The third kappa shape index (κ3) is 6.33. The minimum Gasteiger partial charge on any atom is -0.386 e. The number of carbonyl (C=O) groups excluding carboxylic acids is 1. The van der Waals surface area contributed by atoms with Gasteiger partial charge in [0, 0.05) is 30.6 Å². The quantitative estimate of drug-likeness (QED) is 0.699. The molecule has 23 heavy (non-hydrogen) atoms. The average Bonchev–Trinajstić information content (AvgIpc) is 3.06. The molecule has 1 saturated heterocycles. The third-order valence-electron chi connectivity index (χ3n) is 4.01. The molecule has 1 aromatic rings. The molecule has 0 radical (unpaired) electrons. The summed E-state index contributed by atoms with van der Waals surface area (Å²) in [4.78, 5) is 15.2. The molecule has 1 atom stereocenters. The molecule has 0 saturated carbocycles. The van der Waals surface area contributed by atoms with Gasteiger partial charge in [-0.25, -0.2) is 4.79 Å². The number of rotatable bonds is 6. The molecule has 5 nitrogen and oxygen atoms in total. The highest BCUT2D eigenvalue weighted by molar-refractivity contribution is 7.10. The van der Waals surface area contributed by atoms with Gasteiger partial charge < -0.3 is 15.7 Å². The van der Waals surface area contributed by atoms with E-state index in [-0.39, 0.29) is 18.6 Å². The van der Waals surface area contributed by atoms with Crippen LogP contribution in [0.1, 0.15) is 37.7 Å². The number of urea groups is 1. The summed E-state index contributed by atoms with van der Waals surface area (Å²) in [6.07, 6.45) is 3.55. The Balaban J connectivity index is 1.64. The van der Waals surface area contributed by atoms with Gasteiger partial charge in [0.15, 0.2) is 0 Å². The van der Waals surface area contributed by atoms with Crippen LogP contribution in [0.25, 0.3) is 0 Å². The number of nitrogens with zero attached hydrogens (tertiary/aromatic N) is 1. The Bertz CT molecular complexity index is 504. The Morgan fingerprint density at radius 2 is 2.22 bits per heavy atom. The molecule has 0 spiro atoms. The van der Waals surface area contributed by atoms with Gasteiger partial charge in [-0.1, -0.05) is 17.7 Å². The van der Waals surface area contributed by atoms with Crippen LogP contribution in [0.4, 0.5) is 4.79 Å². The Morgan fingerprint density at radius 3 is 2.83 bits per heavy atom. The lowest BCUT2D eigenvalue weighted by Crippen LogP contribution is -2.48. The zero-order chi connectivity index (χ0) is 16.7. The van der Waals surface area contributed by atoms with E-state index in [2.05, 4.69) is 35.5 Å². The lowest BCUT2D eigenvalue weighted by molar-refractivity contribution is 0.172. The highest BCUT2D eigenvalue weighted by atomic mass is 32.1. The second-order valence-corrected chi connectivity index (χ2v) is 7.22. The Morgan fingerprint density at radius 1 is 1.48 bits per heavy atom. The second-order valence-electron chi connectivity index (χ2n) is 6.24. The van der Waals surface area contributed by atoms with Crippen LogP contribution >= 0.6 is 11.3 Å². The van der Waals surface area contributed by atoms with Crippen molar-refractivity contribution in [2.75, 3.05) is 26.2 Å². The number of carbonyl (C=O) groups is 1. The standard InChI is InChI=1S/C17H27N3O2S/c1-13(2)5-8-20-9-6-14(7-10-20)19-17(22)18-12-15(21)16-4-3-11-23-16/h3-5,11,14-15,21H,6-10,12H2,1-2H3,(H2,18,19,22)/t15-/m0/s1. The van der Waals surface area contributed by atoms with Crippen molar-refractivity contribution < 1.29 is 9.90 Å². The molecule has 3 N–H and O–H groups in total. The molecule has 1 aliphatic heterocycles. The van der Waals surface area contributed by atoms with Crippen molar-refractivity contribution in [1.82, 2.24) is 15.5 Å². The molecule has 6 heteroatoms. The van der Waals surface area contributed by atoms with Gasteiger partial charge in [-0.05, 0) is 38.1 Å². The molecule has 0 bridgehead atoms. The van der Waals surface area contributed by atoms with Crippen LogP contribution < -0.4 is 10.6 Å².